The monoisotopic (exact) mass is 595 g/mol. The highest BCUT2D eigenvalue weighted by molar-refractivity contribution is 6.30. The maximum absolute atomic E-state index is 13.5. The highest BCUT2D eigenvalue weighted by atomic mass is 35.5. The van der Waals surface area contributed by atoms with Gasteiger partial charge in [0.25, 0.3) is 0 Å². The first kappa shape index (κ1) is 28.7. The molecule has 3 N–H and O–H groups in total. The summed E-state index contributed by atoms with van der Waals surface area (Å²) in [7, 11) is 0. The number of hydrogen-bond acceptors (Lipinski definition) is 5. The van der Waals surface area contributed by atoms with E-state index in [0.717, 1.165) is 16.7 Å². The molecule has 2 aromatic heterocycles. The van der Waals surface area contributed by atoms with Crippen molar-refractivity contribution in [2.24, 2.45) is 0 Å². The molecule has 0 saturated heterocycles. The number of amides is 1. The number of rotatable bonds is 11. The third kappa shape index (κ3) is 7.88. The fourth-order valence-electron chi connectivity index (χ4n) is 4.28. The molecule has 1 atom stereocenters. The minimum atomic E-state index is -0.651. The fraction of sp³-hybridized carbons (Fsp3) is 0.125. The molecule has 5 rings (SSSR count). The Morgan fingerprint density at radius 2 is 1.57 bits per heavy atom. The first-order valence-corrected chi connectivity index (χ1v) is 14.0. The summed E-state index contributed by atoms with van der Waals surface area (Å²) in [4.78, 5) is 26.3. The minimum Gasteiger partial charge on any atom is -0.358 e. The number of anilines is 2. The van der Waals surface area contributed by atoms with Gasteiger partial charge in [-0.25, -0.2) is 4.85 Å². The summed E-state index contributed by atoms with van der Waals surface area (Å²) in [5, 5.41) is 10.9. The Bertz CT molecular complexity index is 1680. The minimum absolute atomic E-state index is 0.200. The Hall–Kier alpha value is -4.84. The van der Waals surface area contributed by atoms with Gasteiger partial charge in [0.1, 0.15) is 17.7 Å². The number of nitrogens with one attached hydrogen (secondary N) is 3. The molecule has 0 aliphatic rings. The van der Waals surface area contributed by atoms with Crippen LogP contribution in [0, 0.1) is 6.57 Å². The van der Waals surface area contributed by atoms with E-state index in [1.807, 2.05) is 77.6 Å². The number of nitrogens with zero attached hydrogens (tertiary/aromatic N) is 4. The van der Waals surface area contributed by atoms with Gasteiger partial charge in [-0.3, -0.25) is 4.79 Å². The summed E-state index contributed by atoms with van der Waals surface area (Å²) in [5.74, 6) is 1.32. The largest absolute Gasteiger partial charge is 0.358 e. The first-order chi connectivity index (χ1) is 20.4. The van der Waals surface area contributed by atoms with E-state index in [4.69, 9.17) is 29.8 Å². The molecule has 3 aromatic carbocycles. The first-order valence-electron chi connectivity index (χ1n) is 13.2. The van der Waals surface area contributed by atoms with E-state index >= 15 is 0 Å². The molecule has 1 amide bonds. The Morgan fingerprint density at radius 3 is 2.29 bits per heavy atom. The van der Waals surface area contributed by atoms with E-state index in [9.17, 15) is 4.79 Å². The molecular weight excluding hydrogens is 569 g/mol. The van der Waals surface area contributed by atoms with Crippen LogP contribution in [0.2, 0.25) is 10.0 Å². The van der Waals surface area contributed by atoms with Gasteiger partial charge in [-0.2, -0.15) is 9.97 Å². The average Bonchev–Trinajstić information content (AvgIpc) is 3.55. The lowest BCUT2D eigenvalue weighted by Crippen LogP contribution is -2.41. The Kier molecular flexibility index (Phi) is 9.34. The number of carbonyl (C=O) groups is 1. The molecule has 0 fully saturated rings. The highest BCUT2D eigenvalue weighted by Gasteiger charge is 2.21. The standard InChI is InChI=1S/C32H27Cl2N7O/c1-35-27-13-9-23(10-14-27)20-36-31(42)28(18-22-7-11-25(33)12-8-22)38-29-19-30(41-15-2-3-16-41)40-32(39-29)37-21-24-5-4-6-26(34)17-24/h2-17,19,28H,18,20-21H2,(H,36,42)(H2,37,38,39,40)/t28-/m1/s1. The summed E-state index contributed by atoms with van der Waals surface area (Å²) in [6, 6.07) is 27.1. The zero-order chi connectivity index (χ0) is 29.3. The molecule has 0 saturated carbocycles. The number of aromatic nitrogens is 3. The predicted octanol–water partition coefficient (Wildman–Crippen LogP) is 7.08. The lowest BCUT2D eigenvalue weighted by Gasteiger charge is -2.20. The van der Waals surface area contributed by atoms with Crippen LogP contribution in [0.5, 0.6) is 0 Å². The van der Waals surface area contributed by atoms with E-state index in [1.165, 1.54) is 0 Å². The SMILES string of the molecule is [C-]#[N+]c1ccc(CNC(=O)[C@@H](Cc2ccc(Cl)cc2)Nc2cc(-n3cccc3)nc(NCc3cccc(Cl)c3)n2)cc1. The lowest BCUT2D eigenvalue weighted by molar-refractivity contribution is -0.122. The number of hydrogen-bond donors (Lipinski definition) is 3. The number of benzene rings is 3. The van der Waals surface area contributed by atoms with Crippen LogP contribution in [-0.4, -0.2) is 26.5 Å². The van der Waals surface area contributed by atoms with Crippen molar-refractivity contribution in [3.05, 3.63) is 142 Å². The molecule has 0 aliphatic carbocycles. The summed E-state index contributed by atoms with van der Waals surface area (Å²) in [6.45, 7) is 7.93. The van der Waals surface area contributed by atoms with Crippen molar-refractivity contribution in [1.82, 2.24) is 19.9 Å². The van der Waals surface area contributed by atoms with Crippen LogP contribution in [0.4, 0.5) is 17.5 Å². The van der Waals surface area contributed by atoms with Crippen molar-refractivity contribution >= 4 is 46.6 Å². The van der Waals surface area contributed by atoms with E-state index in [-0.39, 0.29) is 5.91 Å². The van der Waals surface area contributed by atoms with Crippen LogP contribution >= 0.6 is 23.2 Å². The van der Waals surface area contributed by atoms with Gasteiger partial charge in [0.15, 0.2) is 5.69 Å². The molecule has 10 heteroatoms. The molecule has 2 heterocycles. The summed E-state index contributed by atoms with van der Waals surface area (Å²) >= 11 is 12.3. The zero-order valence-electron chi connectivity index (χ0n) is 22.5. The normalized spacial score (nSPS) is 11.4. The number of halogens is 2. The maximum Gasteiger partial charge on any atom is 0.243 e. The summed E-state index contributed by atoms with van der Waals surface area (Å²) in [5.41, 5.74) is 3.36. The topological polar surface area (TPSA) is 88.2 Å². The van der Waals surface area contributed by atoms with Gasteiger partial charge in [-0.05, 0) is 53.1 Å². The molecule has 0 radical (unpaired) electrons. The molecule has 42 heavy (non-hydrogen) atoms. The average molecular weight is 597 g/mol. The summed E-state index contributed by atoms with van der Waals surface area (Å²) in [6.07, 6.45) is 4.18. The van der Waals surface area contributed by atoms with E-state index in [0.29, 0.717) is 52.8 Å². The Balaban J connectivity index is 1.39. The van der Waals surface area contributed by atoms with E-state index in [1.54, 1.807) is 30.3 Å². The van der Waals surface area contributed by atoms with Gasteiger partial charge in [0, 0.05) is 48.0 Å². The van der Waals surface area contributed by atoms with Gasteiger partial charge in [0.05, 0.1) is 6.57 Å². The Labute approximate surface area is 254 Å². The van der Waals surface area contributed by atoms with E-state index < -0.39 is 6.04 Å². The van der Waals surface area contributed by atoms with Crippen molar-refractivity contribution in [1.29, 1.82) is 0 Å². The molecular formula is C32H27Cl2N7O. The maximum atomic E-state index is 13.5. The van der Waals surface area contributed by atoms with Gasteiger partial charge >= 0.3 is 0 Å². The summed E-state index contributed by atoms with van der Waals surface area (Å²) < 4.78 is 1.87. The smallest absolute Gasteiger partial charge is 0.243 e. The van der Waals surface area contributed by atoms with Crippen LogP contribution in [0.25, 0.3) is 10.7 Å². The number of carbonyl (C=O) groups excluding carboxylic acids is 1. The van der Waals surface area contributed by atoms with Gasteiger partial charge in [-0.1, -0.05) is 71.7 Å². The second-order valence-corrected chi connectivity index (χ2v) is 10.4. The highest BCUT2D eigenvalue weighted by Crippen LogP contribution is 2.19. The fourth-order valence-corrected chi connectivity index (χ4v) is 4.62. The van der Waals surface area contributed by atoms with Crippen molar-refractivity contribution in [2.75, 3.05) is 10.6 Å². The van der Waals surface area contributed by atoms with Gasteiger partial charge in [-0.15, -0.1) is 0 Å². The molecule has 5 aromatic rings. The molecule has 210 valence electrons. The molecule has 8 nitrogen and oxygen atoms in total. The van der Waals surface area contributed by atoms with Gasteiger partial charge in [0.2, 0.25) is 11.9 Å². The molecule has 0 aliphatic heterocycles. The lowest BCUT2D eigenvalue weighted by atomic mass is 10.0. The van der Waals surface area contributed by atoms with Crippen LogP contribution in [-0.2, 0) is 24.3 Å². The van der Waals surface area contributed by atoms with Crippen molar-refractivity contribution in [3.8, 4) is 5.82 Å². The zero-order valence-corrected chi connectivity index (χ0v) is 24.0. The van der Waals surface area contributed by atoms with Crippen LogP contribution < -0.4 is 16.0 Å². The van der Waals surface area contributed by atoms with Gasteiger partial charge < -0.3 is 20.5 Å². The van der Waals surface area contributed by atoms with Crippen LogP contribution in [0.15, 0.2) is 103 Å². The third-order valence-corrected chi connectivity index (χ3v) is 6.93. The van der Waals surface area contributed by atoms with Crippen LogP contribution in [0.3, 0.4) is 0 Å². The molecule has 0 bridgehead atoms. The Morgan fingerprint density at radius 1 is 0.833 bits per heavy atom. The van der Waals surface area contributed by atoms with Crippen LogP contribution in [0.1, 0.15) is 16.7 Å². The second-order valence-electron chi connectivity index (χ2n) is 9.53. The third-order valence-electron chi connectivity index (χ3n) is 6.45. The quantitative estimate of drug-likeness (QED) is 0.142. The molecule has 0 spiro atoms. The predicted molar refractivity (Wildman–Crippen MR) is 167 cm³/mol. The van der Waals surface area contributed by atoms with Crippen molar-refractivity contribution in [2.45, 2.75) is 25.6 Å². The van der Waals surface area contributed by atoms with Crippen molar-refractivity contribution in [3.63, 3.8) is 0 Å². The van der Waals surface area contributed by atoms with Crippen molar-refractivity contribution < 1.29 is 4.79 Å². The van der Waals surface area contributed by atoms with E-state index in [2.05, 4.69) is 30.8 Å². The second kappa shape index (κ2) is 13.7. The molecule has 0 unspecified atom stereocenters.